The van der Waals surface area contributed by atoms with E-state index in [9.17, 15) is 0 Å². The number of hydrogen-bond donors (Lipinski definition) is 1. The van der Waals surface area contributed by atoms with Gasteiger partial charge < -0.3 is 14.8 Å². The normalized spacial score (nSPS) is 10.3. The van der Waals surface area contributed by atoms with Crippen LogP contribution in [0.5, 0.6) is 5.75 Å². The predicted molar refractivity (Wildman–Crippen MR) is 74.1 cm³/mol. The summed E-state index contributed by atoms with van der Waals surface area (Å²) >= 11 is 0. The van der Waals surface area contributed by atoms with E-state index >= 15 is 0 Å². The number of methoxy groups -OCH3 is 1. The van der Waals surface area contributed by atoms with Crippen molar-refractivity contribution < 1.29 is 14.8 Å². The molecule has 0 aromatic heterocycles. The van der Waals surface area contributed by atoms with Crippen LogP contribution in [0.15, 0.2) is 30.9 Å². The summed E-state index contributed by atoms with van der Waals surface area (Å²) in [6.45, 7) is 9.31. The molecule has 0 spiro atoms. The number of benzene rings is 1. The number of ether oxygens (including phenoxy) is 2. The maximum Gasteiger partial charge on any atom is 0.137 e. The van der Waals surface area contributed by atoms with E-state index in [0.717, 1.165) is 38.5 Å². The minimum absolute atomic E-state index is 0.719. The van der Waals surface area contributed by atoms with E-state index in [1.165, 1.54) is 11.1 Å². The Hall–Kier alpha value is -1.32. The van der Waals surface area contributed by atoms with Crippen molar-refractivity contribution in [3.63, 3.8) is 0 Å². The van der Waals surface area contributed by atoms with E-state index in [2.05, 4.69) is 31.0 Å². The average Bonchev–Trinajstić information content (AvgIpc) is 2.36. The monoisotopic (exact) mass is 250 g/mol. The number of aryl methyl sites for hydroxylation is 1. The van der Waals surface area contributed by atoms with Crippen molar-refractivity contribution in [1.82, 2.24) is 0 Å². The number of rotatable bonds is 9. The lowest BCUT2D eigenvalue weighted by Crippen LogP contribution is -2.86. The van der Waals surface area contributed by atoms with Crippen LogP contribution in [0.4, 0.5) is 0 Å². The Bertz CT molecular complexity index is 364. The third kappa shape index (κ3) is 5.34. The lowest BCUT2D eigenvalue weighted by atomic mass is 10.1. The largest absolute Gasteiger partial charge is 0.487 e. The molecule has 0 atom stereocenters. The van der Waals surface area contributed by atoms with Crippen LogP contribution in [0.2, 0.25) is 0 Å². The van der Waals surface area contributed by atoms with Crippen molar-refractivity contribution in [3.05, 3.63) is 42.0 Å². The van der Waals surface area contributed by atoms with Gasteiger partial charge in [0.05, 0.1) is 13.2 Å². The molecule has 0 unspecified atom stereocenters. The Morgan fingerprint density at radius 1 is 1.28 bits per heavy atom. The smallest absolute Gasteiger partial charge is 0.137 e. The molecule has 18 heavy (non-hydrogen) atoms. The van der Waals surface area contributed by atoms with Crippen LogP contribution < -0.4 is 10.1 Å². The number of nitrogens with two attached hydrogens (primary N) is 1. The molecule has 2 N–H and O–H groups in total. The first-order valence-corrected chi connectivity index (χ1v) is 6.41. The van der Waals surface area contributed by atoms with Gasteiger partial charge in [0.25, 0.3) is 0 Å². The van der Waals surface area contributed by atoms with Crippen LogP contribution in [-0.4, -0.2) is 33.4 Å². The Morgan fingerprint density at radius 2 is 2.06 bits per heavy atom. The molecule has 0 fully saturated rings. The predicted octanol–water partition coefficient (Wildman–Crippen LogP) is 1.31. The number of allylic oxidation sites excluding steroid dienone is 1. The lowest BCUT2D eigenvalue weighted by molar-refractivity contribution is -0.656. The van der Waals surface area contributed by atoms with Gasteiger partial charge in [0, 0.05) is 7.11 Å². The van der Waals surface area contributed by atoms with Crippen molar-refractivity contribution in [2.75, 3.05) is 33.4 Å². The fourth-order valence-corrected chi connectivity index (χ4v) is 1.76. The fraction of sp³-hybridized carbons (Fsp3) is 0.467. The molecule has 0 amide bonds. The quantitative estimate of drug-likeness (QED) is 0.530. The van der Waals surface area contributed by atoms with Crippen LogP contribution in [-0.2, 0) is 11.2 Å². The minimum atomic E-state index is 0.719. The zero-order valence-electron chi connectivity index (χ0n) is 11.4. The van der Waals surface area contributed by atoms with Gasteiger partial charge in [-0.3, -0.25) is 0 Å². The molecule has 1 aromatic rings. The maximum atomic E-state index is 5.81. The van der Waals surface area contributed by atoms with Gasteiger partial charge in [-0.2, -0.15) is 0 Å². The Morgan fingerprint density at radius 3 is 2.78 bits per heavy atom. The summed E-state index contributed by atoms with van der Waals surface area (Å²) in [5.41, 5.74) is 2.47. The van der Waals surface area contributed by atoms with Gasteiger partial charge in [0.1, 0.15) is 18.9 Å². The third-order valence-corrected chi connectivity index (χ3v) is 2.69. The van der Waals surface area contributed by atoms with Crippen LogP contribution in [0, 0.1) is 6.92 Å². The first-order valence-electron chi connectivity index (χ1n) is 6.41. The summed E-state index contributed by atoms with van der Waals surface area (Å²) in [7, 11) is 1.72. The molecule has 0 aliphatic carbocycles. The van der Waals surface area contributed by atoms with Gasteiger partial charge in [0.2, 0.25) is 0 Å². The molecule has 0 saturated heterocycles. The highest BCUT2D eigenvalue weighted by Gasteiger charge is 2.03. The van der Waals surface area contributed by atoms with E-state index in [1.54, 1.807) is 7.11 Å². The molecular formula is C15H24NO2+. The Balaban J connectivity index is 2.38. The molecule has 1 aromatic carbocycles. The van der Waals surface area contributed by atoms with Gasteiger partial charge in [0.15, 0.2) is 0 Å². The fourth-order valence-electron chi connectivity index (χ4n) is 1.76. The average molecular weight is 250 g/mol. The highest BCUT2D eigenvalue weighted by atomic mass is 16.5. The lowest BCUT2D eigenvalue weighted by Gasteiger charge is -2.10. The zero-order chi connectivity index (χ0) is 13.2. The number of quaternary nitrogens is 1. The standard InChI is InChI=1S/C15H23NO2/c1-4-5-14-12-13(2)6-7-15(14)18-11-9-16-8-10-17-3/h4,6-7,12,16H,1,5,8-11H2,2-3H3/p+1. The molecule has 100 valence electrons. The second-order valence-corrected chi connectivity index (χ2v) is 4.31. The van der Waals surface area contributed by atoms with Crippen molar-refractivity contribution in [3.8, 4) is 5.75 Å². The topological polar surface area (TPSA) is 35.1 Å². The van der Waals surface area contributed by atoms with Gasteiger partial charge in [-0.15, -0.1) is 6.58 Å². The van der Waals surface area contributed by atoms with E-state index in [-0.39, 0.29) is 0 Å². The van der Waals surface area contributed by atoms with Crippen molar-refractivity contribution in [2.45, 2.75) is 13.3 Å². The summed E-state index contributed by atoms with van der Waals surface area (Å²) in [6, 6.07) is 6.28. The van der Waals surface area contributed by atoms with Crippen LogP contribution in [0.25, 0.3) is 0 Å². The molecule has 0 radical (unpaired) electrons. The van der Waals surface area contributed by atoms with Gasteiger partial charge >= 0.3 is 0 Å². The molecule has 0 aliphatic rings. The highest BCUT2D eigenvalue weighted by Crippen LogP contribution is 2.20. The third-order valence-electron chi connectivity index (χ3n) is 2.69. The highest BCUT2D eigenvalue weighted by molar-refractivity contribution is 5.38. The van der Waals surface area contributed by atoms with Gasteiger partial charge in [-0.1, -0.05) is 23.8 Å². The zero-order valence-corrected chi connectivity index (χ0v) is 11.4. The Labute approximate surface area is 110 Å². The van der Waals surface area contributed by atoms with Gasteiger partial charge in [-0.05, 0) is 25.0 Å². The Kier molecular flexibility index (Phi) is 7.14. The maximum absolute atomic E-state index is 5.81. The second-order valence-electron chi connectivity index (χ2n) is 4.31. The first-order chi connectivity index (χ1) is 8.77. The SMILES string of the molecule is C=CCc1cc(C)ccc1OCC[NH2+]CCOC. The first kappa shape index (κ1) is 14.7. The molecular weight excluding hydrogens is 226 g/mol. The van der Waals surface area contributed by atoms with Crippen molar-refractivity contribution >= 4 is 0 Å². The van der Waals surface area contributed by atoms with E-state index in [4.69, 9.17) is 9.47 Å². The molecule has 0 saturated carbocycles. The molecule has 1 rings (SSSR count). The molecule has 0 bridgehead atoms. The minimum Gasteiger partial charge on any atom is -0.487 e. The summed E-state index contributed by atoms with van der Waals surface area (Å²) in [5.74, 6) is 0.973. The molecule has 3 heteroatoms. The summed E-state index contributed by atoms with van der Waals surface area (Å²) in [4.78, 5) is 0. The van der Waals surface area contributed by atoms with E-state index in [0.29, 0.717) is 0 Å². The van der Waals surface area contributed by atoms with Crippen molar-refractivity contribution in [1.29, 1.82) is 0 Å². The van der Waals surface area contributed by atoms with E-state index < -0.39 is 0 Å². The van der Waals surface area contributed by atoms with Gasteiger partial charge in [-0.25, -0.2) is 0 Å². The summed E-state index contributed by atoms with van der Waals surface area (Å²) in [5, 5.41) is 2.20. The van der Waals surface area contributed by atoms with Crippen LogP contribution in [0.1, 0.15) is 11.1 Å². The molecule has 0 aliphatic heterocycles. The van der Waals surface area contributed by atoms with Crippen molar-refractivity contribution in [2.24, 2.45) is 0 Å². The number of hydrogen-bond acceptors (Lipinski definition) is 2. The van der Waals surface area contributed by atoms with Crippen LogP contribution in [0.3, 0.4) is 0 Å². The second kappa shape index (κ2) is 8.72. The summed E-state index contributed by atoms with van der Waals surface area (Å²) in [6.07, 6.45) is 2.76. The van der Waals surface area contributed by atoms with E-state index in [1.807, 2.05) is 12.1 Å². The van der Waals surface area contributed by atoms with Crippen LogP contribution >= 0.6 is 0 Å². The molecule has 3 nitrogen and oxygen atoms in total. The summed E-state index contributed by atoms with van der Waals surface area (Å²) < 4.78 is 10.8. The molecule has 0 heterocycles.